The zero-order valence-electron chi connectivity index (χ0n) is 28.5. The maximum absolute atomic E-state index is 14.2. The molecular formula is C36H43N5O7S. The third kappa shape index (κ3) is 6.90. The summed E-state index contributed by atoms with van der Waals surface area (Å²) in [4.78, 5) is 34.0. The number of aryl methyl sites for hydroxylation is 4. The van der Waals surface area contributed by atoms with Gasteiger partial charge in [-0.2, -0.15) is 0 Å². The number of nitrogens with one attached hydrogen (secondary N) is 1. The number of nitrogens with zero attached hydrogens (tertiary/aromatic N) is 4. The molecule has 13 heteroatoms. The first-order valence-corrected chi connectivity index (χ1v) is 18.0. The largest absolute Gasteiger partial charge is 0.461 e. The first-order valence-electron chi connectivity index (χ1n) is 16.5. The van der Waals surface area contributed by atoms with Crippen LogP contribution in [-0.2, 0) is 38.9 Å². The van der Waals surface area contributed by atoms with Crippen molar-refractivity contribution in [3.63, 3.8) is 0 Å². The molecule has 0 saturated carbocycles. The van der Waals surface area contributed by atoms with Crippen molar-refractivity contribution in [3.05, 3.63) is 92.5 Å². The second-order valence-corrected chi connectivity index (χ2v) is 14.1. The number of morpholine rings is 1. The van der Waals surface area contributed by atoms with Crippen LogP contribution in [0, 0.1) is 27.7 Å². The predicted octanol–water partition coefficient (Wildman–Crippen LogP) is 5.72. The van der Waals surface area contributed by atoms with Crippen LogP contribution in [0.5, 0.6) is 0 Å². The quantitative estimate of drug-likeness (QED) is 0.184. The van der Waals surface area contributed by atoms with Gasteiger partial charge in [0.15, 0.2) is 5.82 Å². The van der Waals surface area contributed by atoms with E-state index in [-0.39, 0.29) is 36.6 Å². The summed E-state index contributed by atoms with van der Waals surface area (Å²) in [6.07, 6.45) is 2.36. The monoisotopic (exact) mass is 689 g/mol. The number of carbonyl (C=O) groups excluding carboxylic acids is 1. The molecule has 0 aliphatic carbocycles. The van der Waals surface area contributed by atoms with Crippen LogP contribution >= 0.6 is 0 Å². The highest BCUT2D eigenvalue weighted by molar-refractivity contribution is 7.92. The molecule has 0 radical (unpaired) electrons. The molecule has 1 amide bonds. The lowest BCUT2D eigenvalue weighted by Crippen LogP contribution is -2.42. The van der Waals surface area contributed by atoms with E-state index < -0.39 is 10.0 Å². The average molecular weight is 690 g/mol. The van der Waals surface area contributed by atoms with Gasteiger partial charge in [0.2, 0.25) is 5.91 Å². The summed E-state index contributed by atoms with van der Waals surface area (Å²) in [6, 6.07) is 12.3. The summed E-state index contributed by atoms with van der Waals surface area (Å²) in [5, 5.41) is 4.62. The van der Waals surface area contributed by atoms with Crippen molar-refractivity contribution in [2.24, 2.45) is 0 Å². The Bertz CT molecular complexity index is 2200. The van der Waals surface area contributed by atoms with Gasteiger partial charge < -0.3 is 18.6 Å². The van der Waals surface area contributed by atoms with Gasteiger partial charge in [0.25, 0.3) is 15.6 Å². The molecule has 4 heterocycles. The van der Waals surface area contributed by atoms with Crippen molar-refractivity contribution in [2.45, 2.75) is 71.7 Å². The smallest absolute Gasteiger partial charge is 0.263 e. The molecule has 1 aliphatic rings. The molecule has 0 atom stereocenters. The molecule has 6 rings (SSSR count). The van der Waals surface area contributed by atoms with Gasteiger partial charge in [-0.15, -0.1) is 0 Å². The molecule has 12 nitrogen and oxygen atoms in total. The van der Waals surface area contributed by atoms with Gasteiger partial charge in [-0.05, 0) is 51.8 Å². The van der Waals surface area contributed by atoms with Gasteiger partial charge in [0.1, 0.15) is 22.9 Å². The SMILES string of the molecule is CCCCc1nc(C)c(CC(=O)N2CCOCC2)c(=O)n1Cc1ccc(-c2ccccc2S(=O)(=O)Nc2noc(C)c2C)c2oc(C)cc12.[HH]. The van der Waals surface area contributed by atoms with Crippen LogP contribution in [0.25, 0.3) is 22.1 Å². The van der Waals surface area contributed by atoms with Crippen molar-refractivity contribution in [1.82, 2.24) is 19.6 Å². The van der Waals surface area contributed by atoms with E-state index in [4.69, 9.17) is 18.7 Å². The van der Waals surface area contributed by atoms with Gasteiger partial charge in [-0.1, -0.05) is 48.8 Å². The number of benzene rings is 2. The number of amides is 1. The minimum absolute atomic E-state index is 0. The fraction of sp³-hybridized carbons (Fsp3) is 0.389. The topological polar surface area (TPSA) is 150 Å². The number of sulfonamides is 1. The Morgan fingerprint density at radius 2 is 1.80 bits per heavy atom. The number of furan rings is 1. The van der Waals surface area contributed by atoms with Crippen LogP contribution in [0.4, 0.5) is 5.82 Å². The predicted molar refractivity (Wildman–Crippen MR) is 187 cm³/mol. The molecule has 1 fully saturated rings. The fourth-order valence-corrected chi connectivity index (χ4v) is 7.45. The Labute approximate surface area is 286 Å². The van der Waals surface area contributed by atoms with Crippen LogP contribution in [0.1, 0.15) is 60.9 Å². The van der Waals surface area contributed by atoms with Gasteiger partial charge in [-0.25, -0.2) is 13.4 Å². The lowest BCUT2D eigenvalue weighted by molar-refractivity contribution is -0.134. The number of carbonyl (C=O) groups is 1. The number of hydrogen-bond acceptors (Lipinski definition) is 9. The van der Waals surface area contributed by atoms with Gasteiger partial charge >= 0.3 is 0 Å². The third-order valence-electron chi connectivity index (χ3n) is 9.07. The first-order chi connectivity index (χ1) is 23.5. The zero-order chi connectivity index (χ0) is 34.9. The van der Waals surface area contributed by atoms with Crippen molar-refractivity contribution in [1.29, 1.82) is 0 Å². The Balaban J connectivity index is 0.00000486. The van der Waals surface area contributed by atoms with E-state index in [9.17, 15) is 18.0 Å². The Hall–Kier alpha value is -4.75. The fourth-order valence-electron chi connectivity index (χ4n) is 6.17. The molecule has 260 valence electrons. The minimum Gasteiger partial charge on any atom is -0.461 e. The van der Waals surface area contributed by atoms with Crippen LogP contribution in [0.2, 0.25) is 0 Å². The Morgan fingerprint density at radius 1 is 1.04 bits per heavy atom. The van der Waals surface area contributed by atoms with Crippen molar-refractivity contribution in [3.8, 4) is 11.1 Å². The molecule has 3 aromatic heterocycles. The molecule has 0 unspecified atom stereocenters. The third-order valence-corrected chi connectivity index (χ3v) is 10.5. The number of unbranched alkanes of at least 4 members (excludes halogenated alkanes) is 1. The average Bonchev–Trinajstić information content (AvgIpc) is 3.64. The molecule has 2 aromatic carbocycles. The summed E-state index contributed by atoms with van der Waals surface area (Å²) >= 11 is 0. The maximum atomic E-state index is 14.2. The van der Waals surface area contributed by atoms with E-state index in [1.807, 2.05) is 25.1 Å². The number of hydrogen-bond donors (Lipinski definition) is 1. The van der Waals surface area contributed by atoms with Gasteiger partial charge in [-0.3, -0.25) is 18.9 Å². The molecular weight excluding hydrogens is 646 g/mol. The lowest BCUT2D eigenvalue weighted by atomic mass is 9.99. The van der Waals surface area contributed by atoms with E-state index in [0.29, 0.717) is 83.6 Å². The van der Waals surface area contributed by atoms with E-state index in [1.54, 1.807) is 48.4 Å². The normalized spacial score (nSPS) is 13.7. The van der Waals surface area contributed by atoms with E-state index >= 15 is 0 Å². The van der Waals surface area contributed by atoms with Crippen molar-refractivity contribution in [2.75, 3.05) is 31.0 Å². The first kappa shape index (κ1) is 34.1. The Morgan fingerprint density at radius 3 is 2.51 bits per heavy atom. The number of rotatable bonds is 11. The highest BCUT2D eigenvalue weighted by atomic mass is 32.2. The second-order valence-electron chi connectivity index (χ2n) is 12.4. The molecule has 1 aliphatic heterocycles. The number of anilines is 1. The van der Waals surface area contributed by atoms with Crippen molar-refractivity contribution >= 4 is 32.7 Å². The molecule has 0 spiro atoms. The minimum atomic E-state index is -4.07. The van der Waals surface area contributed by atoms with Gasteiger partial charge in [0.05, 0.1) is 31.1 Å². The van der Waals surface area contributed by atoms with Crippen LogP contribution in [-0.4, -0.2) is 60.2 Å². The number of ether oxygens (including phenoxy) is 1. The Kier molecular flexibility index (Phi) is 9.75. The van der Waals surface area contributed by atoms with Crippen LogP contribution < -0.4 is 10.3 Å². The number of aromatic nitrogens is 3. The highest BCUT2D eigenvalue weighted by Crippen LogP contribution is 2.37. The van der Waals surface area contributed by atoms with Crippen LogP contribution in [0.15, 0.2) is 61.1 Å². The second kappa shape index (κ2) is 14.0. The number of fused-ring (bicyclic) bond motifs is 1. The summed E-state index contributed by atoms with van der Waals surface area (Å²) in [5.74, 6) is 1.82. The standard InChI is InChI=1S/C36H41N5O7S.H2/c1-6-7-12-32-37-24(4)29(20-33(42)40-15-17-46-18-16-40)36(43)41(32)21-26-13-14-28(34-30(26)19-22(2)47-34)27-10-8-9-11-31(27)49(44,45)39-35-23(3)25(5)48-38-35;/h8-11,13-14,19H,6-7,12,15-18,20-21H2,1-5H3,(H,38,39);1H. The summed E-state index contributed by atoms with van der Waals surface area (Å²) in [7, 11) is -4.07. The molecule has 0 bridgehead atoms. The molecule has 1 N–H and O–H groups in total. The van der Waals surface area contributed by atoms with E-state index in [0.717, 1.165) is 23.8 Å². The summed E-state index contributed by atoms with van der Waals surface area (Å²) in [6.45, 7) is 11.3. The zero-order valence-corrected chi connectivity index (χ0v) is 29.3. The van der Waals surface area contributed by atoms with E-state index in [2.05, 4.69) is 16.8 Å². The molecule has 5 aromatic rings. The summed E-state index contributed by atoms with van der Waals surface area (Å²) < 4.78 is 48.4. The molecule has 1 saturated heterocycles. The van der Waals surface area contributed by atoms with Gasteiger partial charge in [0, 0.05) is 54.3 Å². The highest BCUT2D eigenvalue weighted by Gasteiger charge is 2.26. The van der Waals surface area contributed by atoms with Crippen LogP contribution in [0.3, 0.4) is 0 Å². The lowest BCUT2D eigenvalue weighted by Gasteiger charge is -2.27. The maximum Gasteiger partial charge on any atom is 0.263 e. The summed E-state index contributed by atoms with van der Waals surface area (Å²) in [5.41, 5.74) is 3.64. The molecule has 49 heavy (non-hydrogen) atoms. The van der Waals surface area contributed by atoms with Crippen molar-refractivity contribution < 1.29 is 28.3 Å². The van der Waals surface area contributed by atoms with E-state index in [1.165, 1.54) is 6.07 Å².